The summed E-state index contributed by atoms with van der Waals surface area (Å²) in [4.78, 5) is 0. The molecule has 2 heteroatoms. The molecule has 122 valence electrons. The van der Waals surface area contributed by atoms with Gasteiger partial charge in [-0.15, -0.1) is 0 Å². The van der Waals surface area contributed by atoms with Gasteiger partial charge >= 0.3 is 0 Å². The van der Waals surface area contributed by atoms with Crippen LogP contribution in [0.1, 0.15) is 90.9 Å². The average Bonchev–Trinajstić information content (AvgIpc) is 2.91. The van der Waals surface area contributed by atoms with Crippen LogP contribution in [-0.2, 0) is 4.74 Å². The minimum Gasteiger partial charge on any atom is -0.448 e. The van der Waals surface area contributed by atoms with Gasteiger partial charge in [0.1, 0.15) is 6.26 Å². The number of nitrogens with one attached hydrogen (secondary N) is 1. The summed E-state index contributed by atoms with van der Waals surface area (Å²) >= 11 is 0. The van der Waals surface area contributed by atoms with Gasteiger partial charge in [-0.1, -0.05) is 78.1 Å². The van der Waals surface area contributed by atoms with E-state index in [2.05, 4.69) is 25.7 Å². The summed E-state index contributed by atoms with van der Waals surface area (Å²) in [5, 5.41) is 3.23. The van der Waals surface area contributed by atoms with Crippen molar-refractivity contribution >= 4 is 0 Å². The van der Waals surface area contributed by atoms with Crippen molar-refractivity contribution in [2.75, 3.05) is 0 Å². The summed E-state index contributed by atoms with van der Waals surface area (Å²) in [5.74, 6) is 1.28. The molecule has 0 aliphatic carbocycles. The van der Waals surface area contributed by atoms with E-state index in [0.29, 0.717) is 11.8 Å². The summed E-state index contributed by atoms with van der Waals surface area (Å²) in [6.45, 7) is 8.33. The quantitative estimate of drug-likeness (QED) is 0.405. The van der Waals surface area contributed by atoms with Crippen molar-refractivity contribution < 1.29 is 4.74 Å². The predicted octanol–water partition coefficient (Wildman–Crippen LogP) is 6.26. The summed E-state index contributed by atoms with van der Waals surface area (Å²) in [7, 11) is 0. The molecule has 0 saturated carbocycles. The third-order valence-electron chi connectivity index (χ3n) is 4.45. The molecule has 1 N–H and O–H groups in total. The Hall–Kier alpha value is -0.920. The van der Waals surface area contributed by atoms with Gasteiger partial charge in [0, 0.05) is 5.92 Å². The molecule has 1 aliphatic rings. The second-order valence-electron chi connectivity index (χ2n) is 6.32. The second-order valence-corrected chi connectivity index (χ2v) is 6.32. The van der Waals surface area contributed by atoms with Crippen molar-refractivity contribution in [2.45, 2.75) is 90.9 Å². The first kappa shape index (κ1) is 18.1. The maximum Gasteiger partial charge on any atom is 0.189 e. The van der Waals surface area contributed by atoms with E-state index < -0.39 is 0 Å². The topological polar surface area (TPSA) is 21.3 Å². The first-order chi connectivity index (χ1) is 10.3. The third-order valence-corrected chi connectivity index (χ3v) is 4.45. The van der Waals surface area contributed by atoms with Crippen molar-refractivity contribution in [3.05, 3.63) is 24.4 Å². The number of allylic oxidation sites excluding steroid dienone is 1. The number of unbranched alkanes of at least 4 members (excludes halogenated alkanes) is 9. The molecule has 0 spiro atoms. The van der Waals surface area contributed by atoms with Gasteiger partial charge in [-0.3, -0.25) is 0 Å². The summed E-state index contributed by atoms with van der Waals surface area (Å²) in [5.41, 5.74) is 1.22. The summed E-state index contributed by atoms with van der Waals surface area (Å²) in [6, 6.07) is 0. The van der Waals surface area contributed by atoms with Crippen molar-refractivity contribution in [3.8, 4) is 0 Å². The lowest BCUT2D eigenvalue weighted by atomic mass is 9.95. The van der Waals surface area contributed by atoms with Crippen LogP contribution in [0.2, 0.25) is 0 Å². The molecule has 21 heavy (non-hydrogen) atoms. The molecule has 0 fully saturated rings. The Labute approximate surface area is 132 Å². The van der Waals surface area contributed by atoms with Crippen molar-refractivity contribution in [1.29, 1.82) is 0 Å². The lowest BCUT2D eigenvalue weighted by Crippen LogP contribution is -2.14. The fraction of sp³-hybridized carbons (Fsp3) is 0.789. The Morgan fingerprint density at radius 3 is 2.00 bits per heavy atom. The first-order valence-corrected chi connectivity index (χ1v) is 9.10. The van der Waals surface area contributed by atoms with Gasteiger partial charge in [0.05, 0.1) is 5.70 Å². The van der Waals surface area contributed by atoms with E-state index in [1.807, 2.05) is 6.26 Å². The smallest absolute Gasteiger partial charge is 0.189 e. The lowest BCUT2D eigenvalue weighted by molar-refractivity contribution is 0.359. The molecule has 0 aromatic heterocycles. The SMILES string of the molecule is C=C1NC(C(CC)CCCCCCCCCCCC)=CO1. The number of rotatable bonds is 13. The molecular formula is C19H35NO. The number of hydrogen-bond acceptors (Lipinski definition) is 2. The predicted molar refractivity (Wildman–Crippen MR) is 91.7 cm³/mol. The van der Waals surface area contributed by atoms with Crippen LogP contribution in [0.4, 0.5) is 0 Å². The van der Waals surface area contributed by atoms with Crippen molar-refractivity contribution in [2.24, 2.45) is 5.92 Å². The zero-order chi connectivity index (χ0) is 15.3. The molecule has 0 saturated heterocycles. The Morgan fingerprint density at radius 1 is 0.952 bits per heavy atom. The minimum absolute atomic E-state index is 0.610. The molecule has 1 atom stereocenters. The Bertz CT molecular complexity index is 309. The van der Waals surface area contributed by atoms with Gasteiger partial charge in [-0.05, 0) is 19.4 Å². The maximum absolute atomic E-state index is 5.28. The third kappa shape index (κ3) is 8.18. The highest BCUT2D eigenvalue weighted by Crippen LogP contribution is 2.24. The largest absolute Gasteiger partial charge is 0.448 e. The summed E-state index contributed by atoms with van der Waals surface area (Å²) in [6.07, 6.45) is 18.3. The van der Waals surface area contributed by atoms with Gasteiger partial charge in [0.15, 0.2) is 5.88 Å². The van der Waals surface area contributed by atoms with E-state index in [1.165, 1.54) is 82.7 Å². The van der Waals surface area contributed by atoms with E-state index in [0.717, 1.165) is 0 Å². The fourth-order valence-electron chi connectivity index (χ4n) is 3.01. The molecule has 0 radical (unpaired) electrons. The standard InChI is InChI=1S/C19H35NO/c1-4-6-7-8-9-10-11-12-13-14-15-18(5-2)19-16-21-17(3)20-19/h16,18,20H,3-15H2,1-2H3. The van der Waals surface area contributed by atoms with Crippen LogP contribution < -0.4 is 5.32 Å². The molecule has 1 heterocycles. The average molecular weight is 293 g/mol. The highest BCUT2D eigenvalue weighted by Gasteiger charge is 2.17. The molecule has 0 amide bonds. The maximum atomic E-state index is 5.28. The van der Waals surface area contributed by atoms with Gasteiger partial charge in [0.25, 0.3) is 0 Å². The number of ether oxygens (including phenoxy) is 1. The molecule has 2 nitrogen and oxygen atoms in total. The zero-order valence-electron chi connectivity index (χ0n) is 14.3. The molecule has 1 aliphatic heterocycles. The lowest BCUT2D eigenvalue weighted by Gasteiger charge is -2.15. The monoisotopic (exact) mass is 293 g/mol. The van der Waals surface area contributed by atoms with E-state index >= 15 is 0 Å². The van der Waals surface area contributed by atoms with Crippen molar-refractivity contribution in [3.63, 3.8) is 0 Å². The molecule has 1 rings (SSSR count). The van der Waals surface area contributed by atoms with Gasteiger partial charge in [-0.2, -0.15) is 0 Å². The molecule has 0 bridgehead atoms. The van der Waals surface area contributed by atoms with E-state index in [4.69, 9.17) is 4.74 Å². The van der Waals surface area contributed by atoms with E-state index in [1.54, 1.807) is 0 Å². The molecule has 0 aromatic carbocycles. The summed E-state index contributed by atoms with van der Waals surface area (Å²) < 4.78 is 5.28. The molecular weight excluding hydrogens is 258 g/mol. The molecule has 0 aromatic rings. The highest BCUT2D eigenvalue weighted by molar-refractivity contribution is 5.12. The van der Waals surface area contributed by atoms with Crippen LogP contribution in [0.25, 0.3) is 0 Å². The van der Waals surface area contributed by atoms with Crippen molar-refractivity contribution in [1.82, 2.24) is 5.32 Å². The Balaban J connectivity index is 1.94. The van der Waals surface area contributed by atoms with Crippen LogP contribution in [0.5, 0.6) is 0 Å². The van der Waals surface area contributed by atoms with Crippen LogP contribution in [0.3, 0.4) is 0 Å². The molecule has 1 unspecified atom stereocenters. The van der Waals surface area contributed by atoms with Gasteiger partial charge in [-0.25, -0.2) is 0 Å². The van der Waals surface area contributed by atoms with Crippen LogP contribution in [0.15, 0.2) is 24.4 Å². The Kier molecular flexibility index (Phi) is 10.1. The van der Waals surface area contributed by atoms with Crippen LogP contribution in [0, 0.1) is 5.92 Å². The minimum atomic E-state index is 0.610. The zero-order valence-corrected chi connectivity index (χ0v) is 14.3. The van der Waals surface area contributed by atoms with E-state index in [9.17, 15) is 0 Å². The number of hydrogen-bond donors (Lipinski definition) is 1. The van der Waals surface area contributed by atoms with Gasteiger partial charge in [0.2, 0.25) is 0 Å². The first-order valence-electron chi connectivity index (χ1n) is 9.10. The second kappa shape index (κ2) is 11.7. The van der Waals surface area contributed by atoms with Gasteiger partial charge < -0.3 is 10.1 Å². The van der Waals surface area contributed by atoms with E-state index in [-0.39, 0.29) is 0 Å². The normalized spacial score (nSPS) is 15.5. The Morgan fingerprint density at radius 2 is 1.52 bits per heavy atom. The highest BCUT2D eigenvalue weighted by atomic mass is 16.5. The van der Waals surface area contributed by atoms with Crippen LogP contribution in [-0.4, -0.2) is 0 Å². The fourth-order valence-corrected chi connectivity index (χ4v) is 3.01. The van der Waals surface area contributed by atoms with Crippen LogP contribution >= 0.6 is 0 Å².